The molecule has 2 fully saturated rings. The molecule has 0 aliphatic heterocycles. The molecule has 3 rings (SSSR count). The molecule has 0 aromatic rings. The molecule has 0 N–H and O–H groups in total. The highest BCUT2D eigenvalue weighted by atomic mass is 28.4. The molecule has 148 valence electrons. The molecule has 0 radical (unpaired) electrons. The van der Waals surface area contributed by atoms with Gasteiger partial charge in [-0.25, -0.2) is 0 Å². The van der Waals surface area contributed by atoms with Crippen LogP contribution in [-0.2, 0) is 9.22 Å². The Hall–Kier alpha value is -0.413. The van der Waals surface area contributed by atoms with Gasteiger partial charge in [0.2, 0.25) is 0 Å². The Morgan fingerprint density at radius 2 is 1.73 bits per heavy atom. The Kier molecular flexibility index (Phi) is 4.93. The van der Waals surface area contributed by atoms with Crippen molar-refractivity contribution in [1.29, 1.82) is 0 Å². The largest absolute Gasteiger partial charge is 0.413 e. The number of hydrogen-bond donors (Lipinski definition) is 0. The molecule has 2 saturated carbocycles. The van der Waals surface area contributed by atoms with E-state index in [1.807, 2.05) is 6.08 Å². The number of allylic oxidation sites excluding steroid dienone is 2. The molecule has 0 aromatic carbocycles. The Morgan fingerprint density at radius 1 is 1.08 bits per heavy atom. The maximum Gasteiger partial charge on any atom is 0.192 e. The van der Waals surface area contributed by atoms with E-state index in [2.05, 4.69) is 54.6 Å². The predicted molar refractivity (Wildman–Crippen MR) is 112 cm³/mol. The standard InChI is InChI=1S/C23H40O2Si/c1-21(2,3)26(7,8)25-20-13-14-23(6)18-15-17(24)11-9-16(18)10-12-19(23)22(20,4)5/h15-16,19-20H,9-14H2,1-8H3/t16-,19+,20+,23-/m1/s1. The third kappa shape index (κ3) is 3.17. The molecule has 0 spiro atoms. The van der Waals surface area contributed by atoms with E-state index < -0.39 is 8.32 Å². The van der Waals surface area contributed by atoms with E-state index in [1.54, 1.807) is 0 Å². The molecule has 0 aromatic heterocycles. The quantitative estimate of drug-likeness (QED) is 0.513. The van der Waals surface area contributed by atoms with Gasteiger partial charge >= 0.3 is 0 Å². The van der Waals surface area contributed by atoms with Crippen LogP contribution >= 0.6 is 0 Å². The van der Waals surface area contributed by atoms with Crippen molar-refractivity contribution in [2.75, 3.05) is 0 Å². The normalized spacial score (nSPS) is 37.6. The first-order valence-electron chi connectivity index (χ1n) is 10.7. The molecule has 3 aliphatic carbocycles. The van der Waals surface area contributed by atoms with E-state index in [9.17, 15) is 4.79 Å². The molecule has 0 saturated heterocycles. The van der Waals surface area contributed by atoms with E-state index >= 15 is 0 Å². The lowest BCUT2D eigenvalue weighted by molar-refractivity contribution is -0.117. The van der Waals surface area contributed by atoms with Gasteiger partial charge in [0.05, 0.1) is 6.10 Å². The zero-order chi connectivity index (χ0) is 19.5. The SMILES string of the molecule is CC1(C)[C@@H](O[Si](C)(C)C(C)(C)C)CC[C@]2(C)C3=CC(=O)CC[C@@H]3CC[C@@H]12. The smallest absolute Gasteiger partial charge is 0.192 e. The highest BCUT2D eigenvalue weighted by Gasteiger charge is 2.57. The monoisotopic (exact) mass is 376 g/mol. The summed E-state index contributed by atoms with van der Waals surface area (Å²) in [6.07, 6.45) is 9.09. The molecular formula is C23H40O2Si. The number of hydrogen-bond acceptors (Lipinski definition) is 2. The van der Waals surface area contributed by atoms with Gasteiger partial charge in [-0.05, 0) is 79.0 Å². The molecule has 3 heteroatoms. The van der Waals surface area contributed by atoms with Crippen molar-refractivity contribution >= 4 is 14.1 Å². The van der Waals surface area contributed by atoms with Gasteiger partial charge in [-0.15, -0.1) is 0 Å². The third-order valence-electron chi connectivity index (χ3n) is 8.62. The molecule has 2 nitrogen and oxygen atoms in total. The van der Waals surface area contributed by atoms with Crippen LogP contribution in [0, 0.1) is 22.7 Å². The average Bonchev–Trinajstić information content (AvgIpc) is 2.49. The lowest BCUT2D eigenvalue weighted by Gasteiger charge is -2.61. The van der Waals surface area contributed by atoms with Crippen LogP contribution in [0.25, 0.3) is 0 Å². The van der Waals surface area contributed by atoms with Gasteiger partial charge in [0, 0.05) is 6.42 Å². The highest BCUT2D eigenvalue weighted by molar-refractivity contribution is 6.74. The summed E-state index contributed by atoms with van der Waals surface area (Å²) in [5.74, 6) is 1.63. The Labute approximate surface area is 162 Å². The van der Waals surface area contributed by atoms with Gasteiger partial charge in [0.25, 0.3) is 0 Å². The number of ketones is 1. The first kappa shape index (κ1) is 20.3. The molecule has 26 heavy (non-hydrogen) atoms. The van der Waals surface area contributed by atoms with Crippen molar-refractivity contribution in [3.63, 3.8) is 0 Å². The maximum atomic E-state index is 12.2. The van der Waals surface area contributed by atoms with Gasteiger partial charge in [-0.1, -0.05) is 47.1 Å². The second-order valence-corrected chi connectivity index (χ2v) is 16.3. The number of fused-ring (bicyclic) bond motifs is 3. The Bertz CT molecular complexity index is 610. The van der Waals surface area contributed by atoms with Gasteiger partial charge < -0.3 is 4.43 Å². The summed E-state index contributed by atoms with van der Waals surface area (Å²) in [4.78, 5) is 12.2. The summed E-state index contributed by atoms with van der Waals surface area (Å²) in [7, 11) is -1.78. The topological polar surface area (TPSA) is 26.3 Å². The van der Waals surface area contributed by atoms with Crippen LogP contribution in [0.5, 0.6) is 0 Å². The van der Waals surface area contributed by atoms with E-state index in [4.69, 9.17) is 4.43 Å². The first-order valence-corrected chi connectivity index (χ1v) is 13.6. The zero-order valence-corrected chi connectivity index (χ0v) is 19.4. The van der Waals surface area contributed by atoms with Crippen LogP contribution < -0.4 is 0 Å². The molecule has 0 bridgehead atoms. The summed E-state index contributed by atoms with van der Waals surface area (Å²) < 4.78 is 6.96. The lowest BCUT2D eigenvalue weighted by atomic mass is 9.47. The van der Waals surface area contributed by atoms with E-state index in [-0.39, 0.29) is 15.9 Å². The molecule has 0 heterocycles. The second kappa shape index (κ2) is 6.30. The van der Waals surface area contributed by atoms with Crippen molar-refractivity contribution in [3.8, 4) is 0 Å². The fourth-order valence-electron chi connectivity index (χ4n) is 5.94. The van der Waals surface area contributed by atoms with Crippen molar-refractivity contribution < 1.29 is 9.22 Å². The summed E-state index contributed by atoms with van der Waals surface area (Å²) in [5.41, 5.74) is 1.84. The van der Waals surface area contributed by atoms with Gasteiger partial charge in [-0.2, -0.15) is 0 Å². The van der Waals surface area contributed by atoms with E-state index in [0.717, 1.165) is 19.3 Å². The summed E-state index contributed by atoms with van der Waals surface area (Å²) in [6, 6.07) is 0. The molecular weight excluding hydrogens is 336 g/mol. The van der Waals surface area contributed by atoms with Crippen LogP contribution in [0.3, 0.4) is 0 Å². The Balaban J connectivity index is 1.90. The van der Waals surface area contributed by atoms with Crippen molar-refractivity contribution in [2.24, 2.45) is 22.7 Å². The second-order valence-electron chi connectivity index (χ2n) is 11.6. The fraction of sp³-hybridized carbons (Fsp3) is 0.870. The average molecular weight is 377 g/mol. The third-order valence-corrected chi connectivity index (χ3v) is 13.1. The van der Waals surface area contributed by atoms with Crippen LogP contribution in [0.2, 0.25) is 18.1 Å². The lowest BCUT2D eigenvalue weighted by Crippen LogP contribution is -2.57. The number of carbonyl (C=O) groups is 1. The van der Waals surface area contributed by atoms with Gasteiger partial charge in [0.15, 0.2) is 14.1 Å². The summed E-state index contributed by atoms with van der Waals surface area (Å²) in [6.45, 7) is 19.1. The van der Waals surface area contributed by atoms with Gasteiger partial charge in [0.1, 0.15) is 0 Å². The van der Waals surface area contributed by atoms with Crippen LogP contribution in [0.1, 0.15) is 80.1 Å². The van der Waals surface area contributed by atoms with Crippen LogP contribution in [-0.4, -0.2) is 20.2 Å². The van der Waals surface area contributed by atoms with E-state index in [1.165, 1.54) is 24.8 Å². The molecule has 0 unspecified atom stereocenters. The van der Waals surface area contributed by atoms with E-state index in [0.29, 0.717) is 23.7 Å². The highest BCUT2D eigenvalue weighted by Crippen LogP contribution is 2.63. The van der Waals surface area contributed by atoms with Crippen LogP contribution in [0.4, 0.5) is 0 Å². The fourth-order valence-corrected chi connectivity index (χ4v) is 7.42. The molecule has 0 amide bonds. The molecule has 3 aliphatic rings. The summed E-state index contributed by atoms with van der Waals surface area (Å²) >= 11 is 0. The number of rotatable bonds is 2. The minimum atomic E-state index is -1.78. The zero-order valence-electron chi connectivity index (χ0n) is 18.4. The molecule has 4 atom stereocenters. The maximum absolute atomic E-state index is 12.2. The van der Waals surface area contributed by atoms with Crippen molar-refractivity contribution in [2.45, 2.75) is 104 Å². The van der Waals surface area contributed by atoms with Crippen molar-refractivity contribution in [1.82, 2.24) is 0 Å². The first-order chi connectivity index (χ1) is 11.8. The Morgan fingerprint density at radius 3 is 2.35 bits per heavy atom. The minimum Gasteiger partial charge on any atom is -0.413 e. The van der Waals surface area contributed by atoms with Gasteiger partial charge in [-0.3, -0.25) is 4.79 Å². The minimum absolute atomic E-state index is 0.162. The van der Waals surface area contributed by atoms with Crippen molar-refractivity contribution in [3.05, 3.63) is 11.6 Å². The predicted octanol–water partition coefficient (Wildman–Crippen LogP) is 6.52. The number of carbonyl (C=O) groups excluding carboxylic acids is 1. The summed E-state index contributed by atoms with van der Waals surface area (Å²) in [5, 5.41) is 0.250. The van der Waals surface area contributed by atoms with Crippen LogP contribution in [0.15, 0.2) is 11.6 Å².